The van der Waals surface area contributed by atoms with E-state index in [-0.39, 0.29) is 18.3 Å². The van der Waals surface area contributed by atoms with Crippen molar-refractivity contribution in [2.24, 2.45) is 17.6 Å². The lowest BCUT2D eigenvalue weighted by atomic mass is 9.99. The number of amides is 3. The summed E-state index contributed by atoms with van der Waals surface area (Å²) in [6, 6.07) is -4.16. The van der Waals surface area contributed by atoms with Gasteiger partial charge in [0.2, 0.25) is 17.7 Å². The van der Waals surface area contributed by atoms with Gasteiger partial charge in [-0.15, -0.1) is 0 Å². The standard InChI is InChI=1S/C18H34N4O6/c1-6-10(4)14(19)17(26)20-11(5)15(24)21-12(7-9(2)3)16(25)22-13(8-23)18(27)28/h9-14,23H,6-8,19H2,1-5H3,(H,20,26)(H,21,24)(H,22,25)(H,27,28). The molecule has 0 radical (unpaired) electrons. The van der Waals surface area contributed by atoms with E-state index in [0.29, 0.717) is 6.42 Å². The molecule has 0 saturated carbocycles. The lowest BCUT2D eigenvalue weighted by molar-refractivity contribution is -0.143. The topological polar surface area (TPSA) is 171 Å². The highest BCUT2D eigenvalue weighted by Crippen LogP contribution is 2.07. The molecule has 0 rings (SSSR count). The molecule has 0 aliphatic heterocycles. The zero-order valence-corrected chi connectivity index (χ0v) is 17.2. The van der Waals surface area contributed by atoms with E-state index in [9.17, 15) is 19.2 Å². The van der Waals surface area contributed by atoms with Gasteiger partial charge in [0, 0.05) is 0 Å². The summed E-state index contributed by atoms with van der Waals surface area (Å²) in [5, 5.41) is 25.2. The van der Waals surface area contributed by atoms with Crippen LogP contribution >= 0.6 is 0 Å². The maximum atomic E-state index is 12.4. The van der Waals surface area contributed by atoms with Crippen molar-refractivity contribution < 1.29 is 29.4 Å². The van der Waals surface area contributed by atoms with E-state index in [2.05, 4.69) is 16.0 Å². The van der Waals surface area contributed by atoms with Gasteiger partial charge in [-0.05, 0) is 25.2 Å². The minimum atomic E-state index is -1.47. The molecule has 7 N–H and O–H groups in total. The predicted octanol–water partition coefficient (Wildman–Crippen LogP) is -1.04. The number of aliphatic carboxylic acids is 1. The van der Waals surface area contributed by atoms with E-state index in [1.807, 2.05) is 27.7 Å². The van der Waals surface area contributed by atoms with Crippen LogP contribution in [-0.2, 0) is 19.2 Å². The number of aliphatic hydroxyl groups excluding tert-OH is 1. The first-order valence-corrected chi connectivity index (χ1v) is 9.44. The molecular weight excluding hydrogens is 368 g/mol. The van der Waals surface area contributed by atoms with Crippen molar-refractivity contribution in [1.29, 1.82) is 0 Å². The summed E-state index contributed by atoms with van der Waals surface area (Å²) in [7, 11) is 0. The van der Waals surface area contributed by atoms with Crippen molar-refractivity contribution in [3.63, 3.8) is 0 Å². The molecule has 5 unspecified atom stereocenters. The molecule has 0 aromatic heterocycles. The van der Waals surface area contributed by atoms with Crippen molar-refractivity contribution >= 4 is 23.7 Å². The fourth-order valence-electron chi connectivity index (χ4n) is 2.34. The molecule has 0 aromatic rings. The molecule has 28 heavy (non-hydrogen) atoms. The number of carboxylic acid groups (broad SMARTS) is 1. The molecule has 10 nitrogen and oxygen atoms in total. The highest BCUT2D eigenvalue weighted by atomic mass is 16.4. The SMILES string of the molecule is CCC(C)C(N)C(=O)NC(C)C(=O)NC(CC(C)C)C(=O)NC(CO)C(=O)O. The van der Waals surface area contributed by atoms with Crippen molar-refractivity contribution in [2.75, 3.05) is 6.61 Å². The Balaban J connectivity index is 5.02. The number of hydrogen-bond donors (Lipinski definition) is 6. The van der Waals surface area contributed by atoms with Crippen molar-refractivity contribution in [3.05, 3.63) is 0 Å². The Morgan fingerprint density at radius 3 is 1.86 bits per heavy atom. The fraction of sp³-hybridized carbons (Fsp3) is 0.778. The number of hydrogen-bond acceptors (Lipinski definition) is 6. The van der Waals surface area contributed by atoms with Gasteiger partial charge in [-0.1, -0.05) is 34.1 Å². The lowest BCUT2D eigenvalue weighted by Gasteiger charge is -2.25. The summed E-state index contributed by atoms with van der Waals surface area (Å²) in [4.78, 5) is 47.9. The molecular formula is C18H34N4O6. The summed E-state index contributed by atoms with van der Waals surface area (Å²) >= 11 is 0. The number of carbonyl (C=O) groups is 4. The molecule has 3 amide bonds. The number of nitrogens with two attached hydrogens (primary N) is 1. The van der Waals surface area contributed by atoms with Crippen LogP contribution in [0.15, 0.2) is 0 Å². The average Bonchev–Trinajstić information content (AvgIpc) is 2.62. The maximum absolute atomic E-state index is 12.4. The Morgan fingerprint density at radius 2 is 1.43 bits per heavy atom. The van der Waals surface area contributed by atoms with Crippen LogP contribution in [0.25, 0.3) is 0 Å². The predicted molar refractivity (Wildman–Crippen MR) is 103 cm³/mol. The molecule has 0 spiro atoms. The summed E-state index contributed by atoms with van der Waals surface area (Å²) < 4.78 is 0. The zero-order valence-electron chi connectivity index (χ0n) is 17.2. The lowest BCUT2D eigenvalue weighted by Crippen LogP contribution is -2.57. The van der Waals surface area contributed by atoms with Gasteiger partial charge < -0.3 is 31.9 Å². The van der Waals surface area contributed by atoms with Crippen molar-refractivity contribution in [1.82, 2.24) is 16.0 Å². The van der Waals surface area contributed by atoms with Crippen LogP contribution in [0, 0.1) is 11.8 Å². The second kappa shape index (κ2) is 12.3. The first-order valence-electron chi connectivity index (χ1n) is 9.44. The van der Waals surface area contributed by atoms with Gasteiger partial charge in [0.15, 0.2) is 0 Å². The summed E-state index contributed by atoms with van der Waals surface area (Å²) in [5.41, 5.74) is 5.85. The van der Waals surface area contributed by atoms with Crippen LogP contribution in [-0.4, -0.2) is 64.7 Å². The minimum absolute atomic E-state index is 0.0252. The van der Waals surface area contributed by atoms with Crippen LogP contribution in [0.4, 0.5) is 0 Å². The highest BCUT2D eigenvalue weighted by molar-refractivity contribution is 5.93. The third-order valence-corrected chi connectivity index (χ3v) is 4.45. The Hall–Kier alpha value is -2.20. The molecule has 0 fully saturated rings. The third-order valence-electron chi connectivity index (χ3n) is 4.45. The van der Waals surface area contributed by atoms with Crippen LogP contribution in [0.5, 0.6) is 0 Å². The minimum Gasteiger partial charge on any atom is -0.480 e. The first-order chi connectivity index (χ1) is 12.9. The van der Waals surface area contributed by atoms with E-state index in [4.69, 9.17) is 15.9 Å². The summed E-state index contributed by atoms with van der Waals surface area (Å²) in [6.45, 7) is 8.10. The molecule has 0 aliphatic rings. The Labute approximate surface area is 165 Å². The van der Waals surface area contributed by atoms with Crippen LogP contribution in [0.2, 0.25) is 0 Å². The molecule has 0 bridgehead atoms. The van der Waals surface area contributed by atoms with E-state index in [1.54, 1.807) is 0 Å². The Kier molecular flexibility index (Phi) is 11.3. The van der Waals surface area contributed by atoms with E-state index < -0.39 is 54.5 Å². The second-order valence-corrected chi connectivity index (χ2v) is 7.41. The van der Waals surface area contributed by atoms with Crippen LogP contribution in [0.3, 0.4) is 0 Å². The fourth-order valence-corrected chi connectivity index (χ4v) is 2.34. The highest BCUT2D eigenvalue weighted by Gasteiger charge is 2.29. The van der Waals surface area contributed by atoms with Gasteiger partial charge in [0.25, 0.3) is 0 Å². The van der Waals surface area contributed by atoms with Gasteiger partial charge in [0.05, 0.1) is 12.6 Å². The second-order valence-electron chi connectivity index (χ2n) is 7.41. The molecule has 0 heterocycles. The smallest absolute Gasteiger partial charge is 0.328 e. The Bertz CT molecular complexity index is 554. The van der Waals surface area contributed by atoms with Gasteiger partial charge in [-0.3, -0.25) is 14.4 Å². The molecule has 0 aromatic carbocycles. The van der Waals surface area contributed by atoms with E-state index in [1.165, 1.54) is 6.92 Å². The van der Waals surface area contributed by atoms with Gasteiger partial charge >= 0.3 is 5.97 Å². The summed E-state index contributed by atoms with van der Waals surface area (Å²) in [6.07, 6.45) is 0.962. The maximum Gasteiger partial charge on any atom is 0.328 e. The number of aliphatic hydroxyl groups is 1. The van der Waals surface area contributed by atoms with Crippen LogP contribution < -0.4 is 21.7 Å². The monoisotopic (exact) mass is 402 g/mol. The van der Waals surface area contributed by atoms with Crippen molar-refractivity contribution in [2.45, 2.75) is 71.6 Å². The van der Waals surface area contributed by atoms with E-state index >= 15 is 0 Å². The van der Waals surface area contributed by atoms with Gasteiger partial charge in [0.1, 0.15) is 18.1 Å². The molecule has 162 valence electrons. The zero-order chi connectivity index (χ0) is 22.0. The molecule has 10 heteroatoms. The van der Waals surface area contributed by atoms with E-state index in [0.717, 1.165) is 0 Å². The largest absolute Gasteiger partial charge is 0.480 e. The number of nitrogens with one attached hydrogen (secondary N) is 3. The molecule has 5 atom stereocenters. The number of carboxylic acids is 1. The first kappa shape index (κ1) is 25.8. The third kappa shape index (κ3) is 8.66. The van der Waals surface area contributed by atoms with Crippen molar-refractivity contribution in [3.8, 4) is 0 Å². The average molecular weight is 402 g/mol. The number of carbonyl (C=O) groups excluding carboxylic acids is 3. The Morgan fingerprint density at radius 1 is 0.893 bits per heavy atom. The van der Waals surface area contributed by atoms with Gasteiger partial charge in [-0.2, -0.15) is 0 Å². The molecule has 0 aliphatic carbocycles. The summed E-state index contributed by atoms with van der Waals surface area (Å²) in [5.74, 6) is -3.20. The quantitative estimate of drug-likeness (QED) is 0.242. The van der Waals surface area contributed by atoms with Crippen LogP contribution in [0.1, 0.15) is 47.5 Å². The number of rotatable bonds is 12. The molecule has 0 saturated heterocycles. The van der Waals surface area contributed by atoms with Gasteiger partial charge in [-0.25, -0.2) is 4.79 Å². The normalized spacial score (nSPS) is 16.4.